The highest BCUT2D eigenvalue weighted by atomic mass is 32.2. The standard InChI is InChI=1S/C15H16N2O5S3/c1-22-15(19)13-12(4-10-24-13)25(20,21)17-7-5-16(6-8-17)14(18)11-3-2-9-23-11/h2-4,9-10H,5-8H2,1H3. The van der Waals surface area contributed by atoms with Crippen LogP contribution in [0.1, 0.15) is 19.3 Å². The molecule has 0 saturated carbocycles. The van der Waals surface area contributed by atoms with Crippen molar-refractivity contribution in [3.63, 3.8) is 0 Å². The van der Waals surface area contributed by atoms with Gasteiger partial charge in [-0.25, -0.2) is 13.2 Å². The maximum atomic E-state index is 12.8. The Morgan fingerprint density at radius 1 is 1.08 bits per heavy atom. The largest absolute Gasteiger partial charge is 0.465 e. The third-order valence-corrected chi connectivity index (χ3v) is 7.70. The predicted octanol–water partition coefficient (Wildman–Crippen LogP) is 1.74. The third-order valence-electron chi connectivity index (χ3n) is 3.88. The molecule has 0 unspecified atom stereocenters. The Morgan fingerprint density at radius 3 is 2.40 bits per heavy atom. The van der Waals surface area contributed by atoms with Crippen molar-refractivity contribution in [2.75, 3.05) is 33.3 Å². The molecule has 0 bridgehead atoms. The van der Waals surface area contributed by atoms with Gasteiger partial charge in [0.2, 0.25) is 10.0 Å². The van der Waals surface area contributed by atoms with Crippen molar-refractivity contribution >= 4 is 44.6 Å². The van der Waals surface area contributed by atoms with Crippen LogP contribution in [0.3, 0.4) is 0 Å². The van der Waals surface area contributed by atoms with E-state index in [9.17, 15) is 18.0 Å². The molecule has 1 fully saturated rings. The minimum atomic E-state index is -3.80. The summed E-state index contributed by atoms with van der Waals surface area (Å²) in [6.07, 6.45) is 0. The second-order valence-corrected chi connectivity index (χ2v) is 9.05. The van der Waals surface area contributed by atoms with Crippen molar-refractivity contribution in [3.05, 3.63) is 38.7 Å². The van der Waals surface area contributed by atoms with Gasteiger partial charge < -0.3 is 9.64 Å². The maximum absolute atomic E-state index is 12.8. The Labute approximate surface area is 153 Å². The van der Waals surface area contributed by atoms with Crippen molar-refractivity contribution in [2.24, 2.45) is 0 Å². The highest BCUT2D eigenvalue weighted by Crippen LogP contribution is 2.27. The number of piperazine rings is 1. The highest BCUT2D eigenvalue weighted by molar-refractivity contribution is 7.89. The minimum Gasteiger partial charge on any atom is -0.465 e. The van der Waals surface area contributed by atoms with E-state index in [0.29, 0.717) is 18.0 Å². The van der Waals surface area contributed by atoms with Crippen LogP contribution < -0.4 is 0 Å². The zero-order chi connectivity index (χ0) is 18.0. The quantitative estimate of drug-likeness (QED) is 0.730. The van der Waals surface area contributed by atoms with E-state index in [0.717, 1.165) is 11.3 Å². The molecule has 10 heteroatoms. The van der Waals surface area contributed by atoms with Gasteiger partial charge in [-0.05, 0) is 22.9 Å². The average molecular weight is 401 g/mol. The van der Waals surface area contributed by atoms with Crippen LogP contribution in [0, 0.1) is 0 Å². The molecule has 25 heavy (non-hydrogen) atoms. The topological polar surface area (TPSA) is 84.0 Å². The lowest BCUT2D eigenvalue weighted by atomic mass is 10.3. The van der Waals surface area contributed by atoms with E-state index >= 15 is 0 Å². The number of hydrogen-bond acceptors (Lipinski definition) is 7. The molecule has 3 rings (SSSR count). The van der Waals surface area contributed by atoms with Gasteiger partial charge >= 0.3 is 5.97 Å². The van der Waals surface area contributed by atoms with Gasteiger partial charge in [0.05, 0.1) is 12.0 Å². The molecule has 1 aliphatic rings. The molecule has 7 nitrogen and oxygen atoms in total. The smallest absolute Gasteiger partial charge is 0.349 e. The van der Waals surface area contributed by atoms with Crippen molar-refractivity contribution in [3.8, 4) is 0 Å². The summed E-state index contributed by atoms with van der Waals surface area (Å²) < 4.78 is 31.6. The molecule has 1 saturated heterocycles. The lowest BCUT2D eigenvalue weighted by molar-refractivity contribution is 0.0602. The number of esters is 1. The molecule has 0 radical (unpaired) electrons. The summed E-state index contributed by atoms with van der Waals surface area (Å²) >= 11 is 2.40. The van der Waals surface area contributed by atoms with Crippen LogP contribution in [0.15, 0.2) is 33.9 Å². The summed E-state index contributed by atoms with van der Waals surface area (Å²) in [5.74, 6) is -0.752. The first-order chi connectivity index (χ1) is 11.9. The van der Waals surface area contributed by atoms with Crippen molar-refractivity contribution < 1.29 is 22.7 Å². The number of rotatable bonds is 4. The van der Waals surface area contributed by atoms with Gasteiger partial charge in [-0.1, -0.05) is 6.07 Å². The van der Waals surface area contributed by atoms with E-state index in [1.165, 1.54) is 28.8 Å². The molecule has 0 spiro atoms. The molecule has 0 N–H and O–H groups in total. The predicted molar refractivity (Wildman–Crippen MR) is 94.6 cm³/mol. The van der Waals surface area contributed by atoms with E-state index in [-0.39, 0.29) is 28.8 Å². The Bertz CT molecular complexity index is 865. The average Bonchev–Trinajstić information content (AvgIpc) is 3.32. The van der Waals surface area contributed by atoms with Crippen LogP contribution >= 0.6 is 22.7 Å². The van der Waals surface area contributed by atoms with E-state index < -0.39 is 16.0 Å². The zero-order valence-corrected chi connectivity index (χ0v) is 15.8. The number of hydrogen-bond donors (Lipinski definition) is 0. The Kier molecular flexibility index (Phi) is 5.23. The van der Waals surface area contributed by atoms with E-state index in [4.69, 9.17) is 0 Å². The first-order valence-corrected chi connectivity index (χ1v) is 10.6. The molecule has 2 aromatic rings. The Balaban J connectivity index is 1.73. The molecule has 3 heterocycles. The second-order valence-electron chi connectivity index (χ2n) is 5.28. The van der Waals surface area contributed by atoms with Gasteiger partial charge in [-0.2, -0.15) is 4.31 Å². The second kappa shape index (κ2) is 7.24. The van der Waals surface area contributed by atoms with Gasteiger partial charge in [0.15, 0.2) is 0 Å². The van der Waals surface area contributed by atoms with Crippen LogP contribution in [0.25, 0.3) is 0 Å². The molecule has 134 valence electrons. The molecule has 1 amide bonds. The van der Waals surface area contributed by atoms with Crippen LogP contribution in [-0.4, -0.2) is 62.8 Å². The van der Waals surface area contributed by atoms with Gasteiger partial charge in [0.25, 0.3) is 5.91 Å². The fourth-order valence-electron chi connectivity index (χ4n) is 2.57. The Morgan fingerprint density at radius 2 is 1.80 bits per heavy atom. The normalized spacial score (nSPS) is 16.0. The number of amides is 1. The van der Waals surface area contributed by atoms with Crippen molar-refractivity contribution in [1.82, 2.24) is 9.21 Å². The number of sulfonamides is 1. The number of carbonyl (C=O) groups excluding carboxylic acids is 2. The van der Waals surface area contributed by atoms with E-state index in [1.54, 1.807) is 16.3 Å². The fraction of sp³-hybridized carbons (Fsp3) is 0.333. The summed E-state index contributed by atoms with van der Waals surface area (Å²) in [6, 6.07) is 4.98. The zero-order valence-electron chi connectivity index (χ0n) is 13.4. The van der Waals surface area contributed by atoms with Crippen molar-refractivity contribution in [2.45, 2.75) is 4.90 Å². The summed E-state index contributed by atoms with van der Waals surface area (Å²) in [5, 5.41) is 3.38. The van der Waals surface area contributed by atoms with E-state index in [2.05, 4.69) is 4.74 Å². The first kappa shape index (κ1) is 18.1. The minimum absolute atomic E-state index is 0.0395. The molecule has 1 aliphatic heterocycles. The number of nitrogens with zero attached hydrogens (tertiary/aromatic N) is 2. The van der Waals surface area contributed by atoms with Crippen LogP contribution in [0.5, 0.6) is 0 Å². The van der Waals surface area contributed by atoms with Crippen LogP contribution in [0.2, 0.25) is 0 Å². The van der Waals surface area contributed by atoms with Gasteiger partial charge in [0, 0.05) is 26.2 Å². The molecular weight excluding hydrogens is 384 g/mol. The maximum Gasteiger partial charge on any atom is 0.349 e. The molecular formula is C15H16N2O5S3. The fourth-order valence-corrected chi connectivity index (χ4v) is 5.99. The number of ether oxygens (including phenoxy) is 1. The van der Waals surface area contributed by atoms with Gasteiger partial charge in [0.1, 0.15) is 9.77 Å². The molecule has 0 aromatic carbocycles. The summed E-state index contributed by atoms with van der Waals surface area (Å²) in [7, 11) is -2.58. The number of methoxy groups -OCH3 is 1. The van der Waals surface area contributed by atoms with E-state index in [1.807, 2.05) is 11.4 Å². The molecule has 0 aliphatic carbocycles. The monoisotopic (exact) mass is 400 g/mol. The van der Waals surface area contributed by atoms with Gasteiger partial charge in [-0.3, -0.25) is 4.79 Å². The van der Waals surface area contributed by atoms with Crippen molar-refractivity contribution in [1.29, 1.82) is 0 Å². The van der Waals surface area contributed by atoms with Gasteiger partial charge in [-0.15, -0.1) is 22.7 Å². The SMILES string of the molecule is COC(=O)c1sccc1S(=O)(=O)N1CCN(C(=O)c2cccs2)CC1. The summed E-state index contributed by atoms with van der Waals surface area (Å²) in [6.45, 7) is 1.01. The molecule has 2 aromatic heterocycles. The summed E-state index contributed by atoms with van der Waals surface area (Å²) in [4.78, 5) is 26.4. The molecule has 0 atom stereocenters. The number of thiophene rings is 2. The van der Waals surface area contributed by atoms with Crippen LogP contribution in [-0.2, 0) is 14.8 Å². The summed E-state index contributed by atoms with van der Waals surface area (Å²) in [5.41, 5.74) is 0. The number of carbonyl (C=O) groups is 2. The lowest BCUT2D eigenvalue weighted by Gasteiger charge is -2.33. The Hall–Kier alpha value is -1.75. The third kappa shape index (κ3) is 3.47. The first-order valence-electron chi connectivity index (χ1n) is 7.44. The lowest BCUT2D eigenvalue weighted by Crippen LogP contribution is -2.50. The van der Waals surface area contributed by atoms with Crippen LogP contribution in [0.4, 0.5) is 0 Å². The highest BCUT2D eigenvalue weighted by Gasteiger charge is 2.34.